The largest absolute Gasteiger partial charge is 0.353 e. The summed E-state index contributed by atoms with van der Waals surface area (Å²) in [7, 11) is 0. The van der Waals surface area contributed by atoms with Gasteiger partial charge < -0.3 is 9.47 Å². The van der Waals surface area contributed by atoms with Crippen LogP contribution in [-0.4, -0.2) is 19.2 Å². The topological polar surface area (TPSA) is 38.4 Å². The zero-order valence-corrected chi connectivity index (χ0v) is 9.62. The molecule has 0 spiro atoms. The van der Waals surface area contributed by atoms with Gasteiger partial charge in [-0.3, -0.25) is 0 Å². The lowest BCUT2D eigenvalue weighted by atomic mass is 10.3. The standard InChI is InChI=1S/C11H23O3/c1-4-7-9-13-11(6-3)14-10(12)8-5-2/h10-11H,4-9H2,1-3H3. The highest BCUT2D eigenvalue weighted by Crippen LogP contribution is 2.08. The Morgan fingerprint density at radius 1 is 1.14 bits per heavy atom. The molecule has 2 unspecified atom stereocenters. The first-order chi connectivity index (χ1) is 6.74. The minimum atomic E-state index is -0.924. The van der Waals surface area contributed by atoms with Crippen LogP contribution in [0.3, 0.4) is 0 Å². The maximum absolute atomic E-state index is 11.2. The van der Waals surface area contributed by atoms with Crippen molar-refractivity contribution in [3.8, 4) is 0 Å². The van der Waals surface area contributed by atoms with E-state index < -0.39 is 6.29 Å². The first kappa shape index (κ1) is 13.9. The van der Waals surface area contributed by atoms with Crippen molar-refractivity contribution in [1.29, 1.82) is 0 Å². The average molecular weight is 203 g/mol. The molecule has 0 aliphatic carbocycles. The Kier molecular flexibility index (Phi) is 9.35. The lowest BCUT2D eigenvalue weighted by Gasteiger charge is -2.19. The zero-order chi connectivity index (χ0) is 10.8. The number of unbranched alkanes of at least 4 members (excludes halogenated alkanes) is 1. The number of hydrogen-bond donors (Lipinski definition) is 0. The van der Waals surface area contributed by atoms with Gasteiger partial charge in [-0.2, -0.15) is 0 Å². The van der Waals surface area contributed by atoms with Crippen LogP contribution in [0.25, 0.3) is 0 Å². The summed E-state index contributed by atoms with van der Waals surface area (Å²) in [6.07, 6.45) is 3.06. The van der Waals surface area contributed by atoms with Crippen LogP contribution in [0, 0.1) is 0 Å². The van der Waals surface area contributed by atoms with Crippen LogP contribution in [0.15, 0.2) is 0 Å². The second-order valence-corrected chi connectivity index (χ2v) is 3.42. The highest BCUT2D eigenvalue weighted by molar-refractivity contribution is 4.45. The van der Waals surface area contributed by atoms with E-state index in [1.54, 1.807) is 0 Å². The highest BCUT2D eigenvalue weighted by atomic mass is 16.7. The number of hydrogen-bond acceptors (Lipinski definition) is 2. The second-order valence-electron chi connectivity index (χ2n) is 3.42. The van der Waals surface area contributed by atoms with Gasteiger partial charge in [0.1, 0.15) is 0 Å². The molecule has 1 radical (unpaired) electrons. The molecule has 14 heavy (non-hydrogen) atoms. The molecule has 0 fully saturated rings. The third kappa shape index (κ3) is 7.30. The summed E-state index contributed by atoms with van der Waals surface area (Å²) in [5, 5.41) is 11.2. The highest BCUT2D eigenvalue weighted by Gasteiger charge is 2.13. The normalized spacial score (nSPS) is 15.4. The van der Waals surface area contributed by atoms with Gasteiger partial charge in [-0.05, 0) is 12.8 Å². The molecule has 0 aromatic heterocycles. The predicted octanol–water partition coefficient (Wildman–Crippen LogP) is 3.11. The first-order valence-corrected chi connectivity index (χ1v) is 5.67. The Bertz CT molecular complexity index is 117. The fourth-order valence-corrected chi connectivity index (χ4v) is 1.09. The van der Waals surface area contributed by atoms with Crippen LogP contribution in [0.1, 0.15) is 52.9 Å². The molecule has 85 valence electrons. The van der Waals surface area contributed by atoms with Crippen molar-refractivity contribution < 1.29 is 14.6 Å². The van der Waals surface area contributed by atoms with E-state index in [2.05, 4.69) is 6.92 Å². The molecule has 0 aromatic rings. The zero-order valence-electron chi connectivity index (χ0n) is 9.62. The van der Waals surface area contributed by atoms with Crippen molar-refractivity contribution in [2.45, 2.75) is 65.5 Å². The maximum atomic E-state index is 11.2. The van der Waals surface area contributed by atoms with E-state index in [9.17, 15) is 5.11 Å². The van der Waals surface area contributed by atoms with Gasteiger partial charge >= 0.3 is 0 Å². The number of ether oxygens (including phenoxy) is 2. The van der Waals surface area contributed by atoms with Crippen molar-refractivity contribution in [3.05, 3.63) is 0 Å². The summed E-state index contributed by atoms with van der Waals surface area (Å²) in [5.41, 5.74) is 0. The summed E-state index contributed by atoms with van der Waals surface area (Å²) in [5.74, 6) is 0. The average Bonchev–Trinajstić information content (AvgIpc) is 2.17. The molecular formula is C11H23O3. The second kappa shape index (κ2) is 9.44. The van der Waals surface area contributed by atoms with Crippen LogP contribution in [0.2, 0.25) is 0 Å². The van der Waals surface area contributed by atoms with E-state index in [0.29, 0.717) is 13.0 Å². The Morgan fingerprint density at radius 3 is 2.36 bits per heavy atom. The molecule has 2 atom stereocenters. The lowest BCUT2D eigenvalue weighted by molar-refractivity contribution is -0.249. The first-order valence-electron chi connectivity index (χ1n) is 5.67. The molecule has 0 aliphatic heterocycles. The van der Waals surface area contributed by atoms with Gasteiger partial charge in [0.2, 0.25) is 0 Å². The fraction of sp³-hybridized carbons (Fsp3) is 1.00. The summed E-state index contributed by atoms with van der Waals surface area (Å²) < 4.78 is 10.6. The van der Waals surface area contributed by atoms with E-state index in [4.69, 9.17) is 9.47 Å². The molecule has 0 rings (SSSR count). The Hall–Kier alpha value is -0.120. The van der Waals surface area contributed by atoms with Crippen LogP contribution >= 0.6 is 0 Å². The minimum absolute atomic E-state index is 0.310. The van der Waals surface area contributed by atoms with Gasteiger partial charge in [-0.25, -0.2) is 5.11 Å². The van der Waals surface area contributed by atoms with Gasteiger partial charge in [-0.1, -0.05) is 33.6 Å². The van der Waals surface area contributed by atoms with E-state index in [1.165, 1.54) is 0 Å². The summed E-state index contributed by atoms with van der Waals surface area (Å²) >= 11 is 0. The molecule has 0 heterocycles. The monoisotopic (exact) mass is 203 g/mol. The van der Waals surface area contributed by atoms with Crippen molar-refractivity contribution in [3.63, 3.8) is 0 Å². The van der Waals surface area contributed by atoms with Gasteiger partial charge in [0.15, 0.2) is 12.6 Å². The molecule has 0 N–H and O–H groups in total. The van der Waals surface area contributed by atoms with Crippen LogP contribution in [-0.2, 0) is 14.6 Å². The minimum Gasteiger partial charge on any atom is -0.353 e. The van der Waals surface area contributed by atoms with Crippen molar-refractivity contribution in [1.82, 2.24) is 0 Å². The molecule has 0 saturated heterocycles. The van der Waals surface area contributed by atoms with Crippen LogP contribution in [0.4, 0.5) is 0 Å². The van der Waals surface area contributed by atoms with E-state index >= 15 is 0 Å². The molecule has 3 heteroatoms. The molecule has 0 aliphatic rings. The van der Waals surface area contributed by atoms with E-state index in [1.807, 2.05) is 13.8 Å². The van der Waals surface area contributed by atoms with Crippen LogP contribution in [0.5, 0.6) is 0 Å². The molecule has 0 saturated carbocycles. The predicted molar refractivity (Wildman–Crippen MR) is 55.4 cm³/mol. The SMILES string of the molecule is CCCCOC(CC)OC([O])CCC. The van der Waals surface area contributed by atoms with Gasteiger partial charge in [-0.15, -0.1) is 0 Å². The summed E-state index contributed by atoms with van der Waals surface area (Å²) in [4.78, 5) is 0. The third-order valence-electron chi connectivity index (χ3n) is 1.96. The molecule has 0 amide bonds. The lowest BCUT2D eigenvalue weighted by Crippen LogP contribution is -2.23. The van der Waals surface area contributed by atoms with Gasteiger partial charge in [0.25, 0.3) is 0 Å². The maximum Gasteiger partial charge on any atom is 0.194 e. The van der Waals surface area contributed by atoms with Crippen molar-refractivity contribution in [2.24, 2.45) is 0 Å². The van der Waals surface area contributed by atoms with E-state index in [-0.39, 0.29) is 6.29 Å². The molecule has 0 aromatic carbocycles. The van der Waals surface area contributed by atoms with Crippen LogP contribution < -0.4 is 0 Å². The fourth-order valence-electron chi connectivity index (χ4n) is 1.09. The summed E-state index contributed by atoms with van der Waals surface area (Å²) in [6.45, 7) is 6.74. The Labute approximate surface area is 87.4 Å². The van der Waals surface area contributed by atoms with Gasteiger partial charge in [0.05, 0.1) is 0 Å². The third-order valence-corrected chi connectivity index (χ3v) is 1.96. The van der Waals surface area contributed by atoms with Gasteiger partial charge in [0, 0.05) is 13.0 Å². The van der Waals surface area contributed by atoms with Crippen molar-refractivity contribution in [2.75, 3.05) is 6.61 Å². The quantitative estimate of drug-likeness (QED) is 0.426. The molecular weight excluding hydrogens is 180 g/mol. The molecule has 3 nitrogen and oxygen atoms in total. The Morgan fingerprint density at radius 2 is 1.86 bits per heavy atom. The van der Waals surface area contributed by atoms with Crippen molar-refractivity contribution >= 4 is 0 Å². The molecule has 0 bridgehead atoms. The Balaban J connectivity index is 3.55. The summed E-state index contributed by atoms with van der Waals surface area (Å²) in [6, 6.07) is 0. The van der Waals surface area contributed by atoms with E-state index in [0.717, 1.165) is 25.7 Å². The number of rotatable bonds is 9. The smallest absolute Gasteiger partial charge is 0.194 e.